The zero-order valence-electron chi connectivity index (χ0n) is 13.1. The molecule has 0 aliphatic carbocycles. The molecule has 0 fully saturated rings. The Morgan fingerprint density at radius 2 is 1.95 bits per heavy atom. The maximum atomic E-state index is 4.60. The quantitative estimate of drug-likeness (QED) is 0.859. The first kappa shape index (κ1) is 15.9. The van der Waals surface area contributed by atoms with Crippen molar-refractivity contribution >= 4 is 21.7 Å². The Bertz CT molecular complexity index is 621. The van der Waals surface area contributed by atoms with Crippen molar-refractivity contribution in [2.24, 2.45) is 0 Å². The summed E-state index contributed by atoms with van der Waals surface area (Å²) < 4.78 is 2.94. The van der Waals surface area contributed by atoms with Crippen LogP contribution >= 0.6 is 15.9 Å². The van der Waals surface area contributed by atoms with Crippen LogP contribution in [0.25, 0.3) is 5.82 Å². The molecule has 2 heterocycles. The van der Waals surface area contributed by atoms with Gasteiger partial charge < -0.3 is 5.32 Å². The van der Waals surface area contributed by atoms with Crippen molar-refractivity contribution in [2.45, 2.75) is 47.0 Å². The Hall–Kier alpha value is -1.43. The van der Waals surface area contributed by atoms with Gasteiger partial charge in [-0.3, -0.25) is 0 Å². The zero-order valence-corrected chi connectivity index (χ0v) is 14.7. The van der Waals surface area contributed by atoms with Crippen LogP contribution in [-0.4, -0.2) is 26.3 Å². The Labute approximate surface area is 134 Å². The minimum Gasteiger partial charge on any atom is -0.370 e. The molecule has 0 saturated carbocycles. The lowest BCUT2D eigenvalue weighted by Gasteiger charge is -2.14. The third-order valence-corrected chi connectivity index (χ3v) is 4.52. The normalized spacial score (nSPS) is 10.9. The number of aryl methyl sites for hydroxylation is 1. The maximum Gasteiger partial charge on any atom is 0.162 e. The van der Waals surface area contributed by atoms with Gasteiger partial charge in [-0.25, -0.2) is 14.6 Å². The van der Waals surface area contributed by atoms with Crippen LogP contribution in [0, 0.1) is 13.8 Å². The topological polar surface area (TPSA) is 55.6 Å². The summed E-state index contributed by atoms with van der Waals surface area (Å²) in [6, 6.07) is 0. The van der Waals surface area contributed by atoms with Gasteiger partial charge in [0, 0.05) is 12.1 Å². The molecule has 21 heavy (non-hydrogen) atoms. The fourth-order valence-electron chi connectivity index (χ4n) is 2.29. The number of aromatic nitrogens is 4. The molecule has 0 aliphatic heterocycles. The molecule has 0 bridgehead atoms. The van der Waals surface area contributed by atoms with E-state index in [0.29, 0.717) is 0 Å². The summed E-state index contributed by atoms with van der Waals surface area (Å²) in [5.74, 6) is 1.80. The van der Waals surface area contributed by atoms with E-state index in [-0.39, 0.29) is 0 Å². The molecular weight excluding hydrogens is 330 g/mol. The van der Waals surface area contributed by atoms with Crippen molar-refractivity contribution in [2.75, 3.05) is 11.9 Å². The van der Waals surface area contributed by atoms with Gasteiger partial charge in [-0.05, 0) is 42.6 Å². The van der Waals surface area contributed by atoms with E-state index in [9.17, 15) is 0 Å². The molecule has 2 rings (SSSR count). The highest BCUT2D eigenvalue weighted by Crippen LogP contribution is 2.26. The van der Waals surface area contributed by atoms with Crippen LogP contribution in [-0.2, 0) is 6.42 Å². The predicted octanol–water partition coefficient (Wildman–Crippen LogP) is 3.82. The largest absolute Gasteiger partial charge is 0.370 e. The number of halogens is 1. The summed E-state index contributed by atoms with van der Waals surface area (Å²) in [5, 5.41) is 7.99. The first-order valence-electron chi connectivity index (χ1n) is 7.39. The third kappa shape index (κ3) is 3.26. The molecule has 0 amide bonds. The van der Waals surface area contributed by atoms with Crippen molar-refractivity contribution in [3.8, 4) is 5.82 Å². The molecule has 0 atom stereocenters. The van der Waals surface area contributed by atoms with Crippen LogP contribution < -0.4 is 5.32 Å². The van der Waals surface area contributed by atoms with E-state index in [2.05, 4.69) is 50.2 Å². The van der Waals surface area contributed by atoms with E-state index in [4.69, 9.17) is 0 Å². The molecule has 6 heteroatoms. The number of rotatable bonds is 6. The van der Waals surface area contributed by atoms with E-state index in [1.54, 1.807) is 6.33 Å². The van der Waals surface area contributed by atoms with Crippen LogP contribution in [0.1, 0.15) is 43.6 Å². The van der Waals surface area contributed by atoms with Gasteiger partial charge in [0.1, 0.15) is 12.1 Å². The minimum absolute atomic E-state index is 0.872. The second-order valence-corrected chi connectivity index (χ2v) is 5.89. The summed E-state index contributed by atoms with van der Waals surface area (Å²) >= 11 is 3.58. The molecule has 114 valence electrons. The monoisotopic (exact) mass is 351 g/mol. The van der Waals surface area contributed by atoms with Crippen molar-refractivity contribution in [1.82, 2.24) is 19.7 Å². The van der Waals surface area contributed by atoms with Gasteiger partial charge in [0.15, 0.2) is 5.82 Å². The highest BCUT2D eigenvalue weighted by atomic mass is 79.9. The fraction of sp³-hybridized carbons (Fsp3) is 0.533. The SMILES string of the molecule is CCCNc1ncnc(-n2nc(C)c(Br)c2C)c1CCC. The minimum atomic E-state index is 0.872. The van der Waals surface area contributed by atoms with E-state index in [0.717, 1.165) is 58.9 Å². The van der Waals surface area contributed by atoms with Crippen LogP contribution in [0.2, 0.25) is 0 Å². The second kappa shape index (κ2) is 7.02. The summed E-state index contributed by atoms with van der Waals surface area (Å²) in [6.45, 7) is 9.25. The molecule has 0 saturated heterocycles. The standard InChI is InChI=1S/C15H22BrN5/c1-5-7-12-14(17-8-6-2)18-9-19-15(12)21-11(4)13(16)10(3)20-21/h9H,5-8H2,1-4H3,(H,17,18,19). The number of hydrogen-bond acceptors (Lipinski definition) is 4. The zero-order chi connectivity index (χ0) is 15.4. The summed E-state index contributed by atoms with van der Waals surface area (Å²) in [5.41, 5.74) is 3.16. The highest BCUT2D eigenvalue weighted by molar-refractivity contribution is 9.10. The molecule has 0 aromatic carbocycles. The van der Waals surface area contributed by atoms with E-state index in [1.807, 2.05) is 18.5 Å². The Morgan fingerprint density at radius 1 is 1.19 bits per heavy atom. The smallest absolute Gasteiger partial charge is 0.162 e. The summed E-state index contributed by atoms with van der Waals surface area (Å²) in [4.78, 5) is 8.88. The molecule has 5 nitrogen and oxygen atoms in total. The van der Waals surface area contributed by atoms with Gasteiger partial charge in [-0.15, -0.1) is 0 Å². The summed E-state index contributed by atoms with van der Waals surface area (Å²) in [6.07, 6.45) is 4.65. The molecule has 0 spiro atoms. The van der Waals surface area contributed by atoms with Gasteiger partial charge in [-0.2, -0.15) is 5.10 Å². The molecule has 2 aromatic rings. The van der Waals surface area contributed by atoms with Crippen LogP contribution in [0.5, 0.6) is 0 Å². The lowest BCUT2D eigenvalue weighted by Crippen LogP contribution is -2.12. The van der Waals surface area contributed by atoms with E-state index >= 15 is 0 Å². The third-order valence-electron chi connectivity index (χ3n) is 3.37. The van der Waals surface area contributed by atoms with E-state index in [1.165, 1.54) is 0 Å². The number of nitrogens with one attached hydrogen (secondary N) is 1. The molecule has 0 aliphatic rings. The Morgan fingerprint density at radius 3 is 2.52 bits per heavy atom. The number of anilines is 1. The van der Waals surface area contributed by atoms with Gasteiger partial charge in [-0.1, -0.05) is 20.3 Å². The van der Waals surface area contributed by atoms with Gasteiger partial charge in [0.25, 0.3) is 0 Å². The maximum absolute atomic E-state index is 4.60. The highest BCUT2D eigenvalue weighted by Gasteiger charge is 2.17. The number of hydrogen-bond donors (Lipinski definition) is 1. The lowest BCUT2D eigenvalue weighted by molar-refractivity contribution is 0.771. The van der Waals surface area contributed by atoms with Crippen LogP contribution in [0.3, 0.4) is 0 Å². The average molecular weight is 352 g/mol. The molecular formula is C15H22BrN5. The molecule has 0 radical (unpaired) electrons. The Kier molecular flexibility index (Phi) is 5.33. The molecule has 0 unspecified atom stereocenters. The van der Waals surface area contributed by atoms with E-state index < -0.39 is 0 Å². The van der Waals surface area contributed by atoms with Crippen molar-refractivity contribution in [1.29, 1.82) is 0 Å². The van der Waals surface area contributed by atoms with Gasteiger partial charge >= 0.3 is 0 Å². The number of nitrogens with zero attached hydrogens (tertiary/aromatic N) is 4. The van der Waals surface area contributed by atoms with Crippen LogP contribution in [0.15, 0.2) is 10.8 Å². The fourth-order valence-corrected chi connectivity index (χ4v) is 2.54. The average Bonchev–Trinajstić information content (AvgIpc) is 2.74. The van der Waals surface area contributed by atoms with Gasteiger partial charge in [0.05, 0.1) is 15.9 Å². The second-order valence-electron chi connectivity index (χ2n) is 5.10. The first-order valence-corrected chi connectivity index (χ1v) is 8.19. The lowest BCUT2D eigenvalue weighted by atomic mass is 10.1. The van der Waals surface area contributed by atoms with Crippen molar-refractivity contribution in [3.63, 3.8) is 0 Å². The van der Waals surface area contributed by atoms with Crippen molar-refractivity contribution < 1.29 is 0 Å². The Balaban J connectivity index is 2.53. The van der Waals surface area contributed by atoms with Crippen LogP contribution in [0.4, 0.5) is 5.82 Å². The molecule has 1 N–H and O–H groups in total. The van der Waals surface area contributed by atoms with Crippen molar-refractivity contribution in [3.05, 3.63) is 27.8 Å². The molecule has 2 aromatic heterocycles. The summed E-state index contributed by atoms with van der Waals surface area (Å²) in [7, 11) is 0. The predicted molar refractivity (Wildman–Crippen MR) is 89.1 cm³/mol. The van der Waals surface area contributed by atoms with Gasteiger partial charge in [0.2, 0.25) is 0 Å². The first-order chi connectivity index (χ1) is 10.1.